The van der Waals surface area contributed by atoms with Crippen LogP contribution in [0.25, 0.3) is 5.57 Å². The van der Waals surface area contributed by atoms with E-state index in [-0.39, 0.29) is 21.7 Å². The highest BCUT2D eigenvalue weighted by atomic mass is 14.6. The van der Waals surface area contributed by atoms with E-state index >= 15 is 0 Å². The van der Waals surface area contributed by atoms with E-state index in [9.17, 15) is 0 Å². The fourth-order valence-corrected chi connectivity index (χ4v) is 9.47. The van der Waals surface area contributed by atoms with Crippen LogP contribution in [0.5, 0.6) is 0 Å². The lowest BCUT2D eigenvalue weighted by Gasteiger charge is -2.62. The predicted molar refractivity (Wildman–Crippen MR) is 178 cm³/mol. The molecule has 0 spiro atoms. The minimum absolute atomic E-state index is 0.0527. The zero-order valence-corrected chi connectivity index (χ0v) is 28.0. The third-order valence-corrected chi connectivity index (χ3v) is 11.0. The summed E-state index contributed by atoms with van der Waals surface area (Å²) in [6, 6.07) is 2.52. The number of hydrogen-bond donors (Lipinski definition) is 0. The molecular weight excluding hydrogens is 480 g/mol. The highest BCUT2D eigenvalue weighted by Gasteiger charge is 2.59. The van der Waals surface area contributed by atoms with Crippen molar-refractivity contribution in [2.24, 2.45) is 21.7 Å². The summed E-state index contributed by atoms with van der Waals surface area (Å²) in [5, 5.41) is 0. The Labute approximate surface area is 247 Å². The molecule has 0 amide bonds. The minimum atomic E-state index is -0.122. The van der Waals surface area contributed by atoms with E-state index in [4.69, 9.17) is 13.2 Å². The molecule has 0 radical (unpaired) electrons. The van der Waals surface area contributed by atoms with Crippen LogP contribution in [-0.2, 0) is 12.8 Å². The van der Waals surface area contributed by atoms with Crippen molar-refractivity contribution in [3.8, 4) is 0 Å². The molecule has 216 valence electrons. The van der Waals surface area contributed by atoms with Gasteiger partial charge in [-0.25, -0.2) is 0 Å². The van der Waals surface area contributed by atoms with Crippen LogP contribution in [0.3, 0.4) is 0 Å². The molecule has 1 aromatic rings. The Morgan fingerprint density at radius 3 is 2.12 bits per heavy atom. The van der Waals surface area contributed by atoms with E-state index in [2.05, 4.69) is 102 Å². The van der Waals surface area contributed by atoms with Crippen molar-refractivity contribution in [2.45, 2.75) is 121 Å². The molecule has 3 aliphatic carbocycles. The first kappa shape index (κ1) is 30.6. The molecule has 4 rings (SSSR count). The van der Waals surface area contributed by atoms with Crippen molar-refractivity contribution in [1.29, 1.82) is 0 Å². The van der Waals surface area contributed by atoms with Gasteiger partial charge in [0.15, 0.2) is 0 Å². The van der Waals surface area contributed by atoms with Gasteiger partial charge in [0, 0.05) is 5.41 Å². The Hall–Kier alpha value is -2.34. The quantitative estimate of drug-likeness (QED) is 0.328. The molecule has 0 unspecified atom stereocenters. The van der Waals surface area contributed by atoms with Gasteiger partial charge < -0.3 is 0 Å². The van der Waals surface area contributed by atoms with Crippen LogP contribution in [0.15, 0.2) is 71.4 Å². The molecule has 0 aromatic heterocycles. The number of allylic oxidation sites excluding steroid dienone is 8. The van der Waals surface area contributed by atoms with Crippen LogP contribution in [0.4, 0.5) is 0 Å². The van der Waals surface area contributed by atoms with Gasteiger partial charge in [-0.05, 0) is 132 Å². The SMILES string of the molecule is C=C(Cc1cc(C(C)C)c2c(c1C)C(=C)C1=C(C)[C@@]3(C)C(=C)C(C(=C)C)=C(C)C[C@@]3(C)C[C@@]1(C)C2)CC(C)(C)C. The molecule has 0 bridgehead atoms. The average Bonchev–Trinajstić information content (AvgIpc) is 2.76. The third-order valence-electron chi connectivity index (χ3n) is 11.0. The molecule has 0 saturated carbocycles. The highest BCUT2D eigenvalue weighted by molar-refractivity contribution is 5.87. The van der Waals surface area contributed by atoms with Crippen LogP contribution in [0, 0.1) is 28.6 Å². The first-order valence-corrected chi connectivity index (χ1v) is 15.5. The zero-order chi connectivity index (χ0) is 30.3. The van der Waals surface area contributed by atoms with Gasteiger partial charge in [0.25, 0.3) is 0 Å². The maximum Gasteiger partial charge on any atom is 0.0194 e. The number of rotatable bonds is 5. The minimum Gasteiger partial charge on any atom is -0.0995 e. The average molecular weight is 537 g/mol. The summed E-state index contributed by atoms with van der Waals surface area (Å²) in [6.45, 7) is 46.9. The summed E-state index contributed by atoms with van der Waals surface area (Å²) in [6.07, 6.45) is 5.30. The van der Waals surface area contributed by atoms with Crippen molar-refractivity contribution in [3.05, 3.63) is 99.2 Å². The predicted octanol–water partition coefficient (Wildman–Crippen LogP) is 11.8. The van der Waals surface area contributed by atoms with Crippen LogP contribution in [0.1, 0.15) is 129 Å². The van der Waals surface area contributed by atoms with Crippen molar-refractivity contribution in [1.82, 2.24) is 0 Å². The van der Waals surface area contributed by atoms with Crippen molar-refractivity contribution < 1.29 is 0 Å². The van der Waals surface area contributed by atoms with Gasteiger partial charge >= 0.3 is 0 Å². The molecule has 40 heavy (non-hydrogen) atoms. The first-order valence-electron chi connectivity index (χ1n) is 15.5. The Morgan fingerprint density at radius 2 is 1.60 bits per heavy atom. The molecule has 3 aliphatic rings. The normalized spacial score (nSPS) is 28.5. The highest BCUT2D eigenvalue weighted by Crippen LogP contribution is 2.70. The second kappa shape index (κ2) is 9.61. The van der Waals surface area contributed by atoms with E-state index in [1.165, 1.54) is 61.3 Å². The summed E-state index contributed by atoms with van der Waals surface area (Å²) in [5.74, 6) is 0.467. The fraction of sp³-hybridized carbons (Fsp3) is 0.550. The Balaban J connectivity index is 1.95. The Kier molecular flexibility index (Phi) is 7.35. The van der Waals surface area contributed by atoms with E-state index in [0.717, 1.165) is 37.7 Å². The maximum absolute atomic E-state index is 4.92. The van der Waals surface area contributed by atoms with Gasteiger partial charge in [0.05, 0.1) is 0 Å². The van der Waals surface area contributed by atoms with Gasteiger partial charge in [-0.15, -0.1) is 0 Å². The lowest BCUT2D eigenvalue weighted by Crippen LogP contribution is -2.52. The number of benzene rings is 1. The van der Waals surface area contributed by atoms with Crippen molar-refractivity contribution >= 4 is 5.57 Å². The molecule has 0 nitrogen and oxygen atoms in total. The molecular formula is C40H56. The Morgan fingerprint density at radius 1 is 1.00 bits per heavy atom. The Bertz CT molecular complexity index is 1410. The van der Waals surface area contributed by atoms with Crippen LogP contribution in [0.2, 0.25) is 0 Å². The van der Waals surface area contributed by atoms with Gasteiger partial charge in [-0.2, -0.15) is 0 Å². The third kappa shape index (κ3) is 4.49. The molecule has 0 fully saturated rings. The van der Waals surface area contributed by atoms with E-state index in [0.29, 0.717) is 5.92 Å². The lowest BCUT2D eigenvalue weighted by molar-refractivity contribution is 0.0543. The van der Waals surface area contributed by atoms with E-state index < -0.39 is 0 Å². The van der Waals surface area contributed by atoms with Gasteiger partial charge in [-0.3, -0.25) is 0 Å². The van der Waals surface area contributed by atoms with E-state index in [1.807, 2.05) is 0 Å². The molecule has 0 N–H and O–H groups in total. The maximum atomic E-state index is 4.92. The standard InChI is InChI=1S/C40H56/c1-23(2)32-18-31(17-25(5)19-37(11,12)13)27(7)35-28(8)36-30(10)40(16)29(9)34(24(3)4)26(6)20-39(40,15)22-38(36,14)21-33(32)35/h18,23H,3,5,8-9,17,19-22H2,1-2,4,6-7,10-16H3/t38-,39+,40-/m1/s1. The lowest BCUT2D eigenvalue weighted by atomic mass is 9.41. The smallest absolute Gasteiger partial charge is 0.0194 e. The zero-order valence-electron chi connectivity index (χ0n) is 28.0. The van der Waals surface area contributed by atoms with Crippen molar-refractivity contribution in [3.63, 3.8) is 0 Å². The van der Waals surface area contributed by atoms with Crippen LogP contribution < -0.4 is 0 Å². The second-order valence-electron chi connectivity index (χ2n) is 16.1. The monoisotopic (exact) mass is 536 g/mol. The first-order chi connectivity index (χ1) is 18.2. The molecule has 0 saturated heterocycles. The summed E-state index contributed by atoms with van der Waals surface area (Å²) in [4.78, 5) is 0. The number of fused-ring (bicyclic) bond motifs is 3. The molecule has 1 aromatic carbocycles. The summed E-state index contributed by atoms with van der Waals surface area (Å²) in [7, 11) is 0. The topological polar surface area (TPSA) is 0 Å². The van der Waals surface area contributed by atoms with E-state index in [1.54, 1.807) is 5.56 Å². The second-order valence-corrected chi connectivity index (χ2v) is 16.1. The molecule has 0 aliphatic heterocycles. The van der Waals surface area contributed by atoms with Gasteiger partial charge in [0.2, 0.25) is 0 Å². The number of hydrogen-bond acceptors (Lipinski definition) is 0. The molecule has 0 heterocycles. The van der Waals surface area contributed by atoms with Crippen LogP contribution >= 0.6 is 0 Å². The summed E-state index contributed by atoms with van der Waals surface area (Å²) < 4.78 is 0. The van der Waals surface area contributed by atoms with Gasteiger partial charge in [-0.1, -0.05) is 110 Å². The molecule has 3 atom stereocenters. The fourth-order valence-electron chi connectivity index (χ4n) is 9.47. The summed E-state index contributed by atoms with van der Waals surface area (Å²) >= 11 is 0. The van der Waals surface area contributed by atoms with Gasteiger partial charge in [0.1, 0.15) is 0 Å². The largest absolute Gasteiger partial charge is 0.0995 e. The van der Waals surface area contributed by atoms with Crippen molar-refractivity contribution in [2.75, 3.05) is 0 Å². The van der Waals surface area contributed by atoms with Crippen LogP contribution in [-0.4, -0.2) is 0 Å². The molecule has 0 heteroatoms. The summed E-state index contributed by atoms with van der Waals surface area (Å²) in [5.41, 5.74) is 18.3.